The van der Waals surface area contributed by atoms with E-state index < -0.39 is 0 Å². The van der Waals surface area contributed by atoms with Crippen LogP contribution in [0.4, 0.5) is 0 Å². The number of hydrogen-bond donors (Lipinski definition) is 0. The molecule has 1 unspecified atom stereocenters. The van der Waals surface area contributed by atoms with Crippen molar-refractivity contribution in [1.29, 1.82) is 0 Å². The molecular weight excluding hydrogens is 340 g/mol. The highest BCUT2D eigenvalue weighted by Crippen LogP contribution is 2.34. The van der Waals surface area contributed by atoms with Crippen molar-refractivity contribution >= 4 is 5.97 Å². The van der Waals surface area contributed by atoms with Gasteiger partial charge < -0.3 is 14.2 Å². The first-order valence-electron chi connectivity index (χ1n) is 9.98. The van der Waals surface area contributed by atoms with E-state index in [2.05, 4.69) is 32.6 Å². The molecule has 0 radical (unpaired) electrons. The summed E-state index contributed by atoms with van der Waals surface area (Å²) in [6.07, 6.45) is 4.85. The van der Waals surface area contributed by atoms with Crippen LogP contribution >= 0.6 is 0 Å². The summed E-state index contributed by atoms with van der Waals surface area (Å²) >= 11 is 0. The summed E-state index contributed by atoms with van der Waals surface area (Å²) in [6, 6.07) is 10.3. The predicted molar refractivity (Wildman–Crippen MR) is 107 cm³/mol. The number of rotatable bonds is 9. The number of benzene rings is 1. The SMILES string of the molecule is C=C1CC[C@H](OCc2ccccc2)[C@](C)(CCCC(C)COC(C)=O)OC1. The van der Waals surface area contributed by atoms with E-state index >= 15 is 0 Å². The molecule has 1 fully saturated rings. The van der Waals surface area contributed by atoms with Gasteiger partial charge in [0.1, 0.15) is 0 Å². The molecule has 27 heavy (non-hydrogen) atoms. The van der Waals surface area contributed by atoms with Crippen LogP contribution in [0.5, 0.6) is 0 Å². The summed E-state index contributed by atoms with van der Waals surface area (Å²) in [5.74, 6) is 0.135. The lowest BCUT2D eigenvalue weighted by atomic mass is 9.88. The Kier molecular flexibility index (Phi) is 8.52. The molecule has 0 aromatic heterocycles. The standard InChI is InChI=1S/C23H34O4/c1-18(15-25-20(3)24)9-8-14-23(4)22(13-12-19(2)16-27-23)26-17-21-10-6-5-7-11-21/h5-7,10-11,18,22H,2,8-9,12-17H2,1,3-4H3/t18?,22-,23-/m0/s1. The van der Waals surface area contributed by atoms with Crippen LogP contribution in [0.15, 0.2) is 42.5 Å². The van der Waals surface area contributed by atoms with Gasteiger partial charge in [-0.1, -0.05) is 55.8 Å². The van der Waals surface area contributed by atoms with E-state index in [-0.39, 0.29) is 17.7 Å². The highest BCUT2D eigenvalue weighted by Gasteiger charge is 2.37. The molecular formula is C23H34O4. The minimum atomic E-state index is -0.324. The number of carbonyl (C=O) groups is 1. The van der Waals surface area contributed by atoms with Crippen molar-refractivity contribution in [2.75, 3.05) is 13.2 Å². The van der Waals surface area contributed by atoms with E-state index in [1.807, 2.05) is 18.2 Å². The molecule has 3 atom stereocenters. The smallest absolute Gasteiger partial charge is 0.302 e. The Morgan fingerprint density at radius 2 is 2.11 bits per heavy atom. The van der Waals surface area contributed by atoms with Gasteiger partial charge in [-0.3, -0.25) is 4.79 Å². The highest BCUT2D eigenvalue weighted by atomic mass is 16.6. The van der Waals surface area contributed by atoms with E-state index in [0.29, 0.717) is 25.7 Å². The second-order valence-electron chi connectivity index (χ2n) is 7.98. The van der Waals surface area contributed by atoms with Crippen LogP contribution in [0.2, 0.25) is 0 Å². The van der Waals surface area contributed by atoms with Crippen molar-refractivity contribution in [1.82, 2.24) is 0 Å². The zero-order chi connectivity index (χ0) is 19.7. The van der Waals surface area contributed by atoms with Gasteiger partial charge in [0, 0.05) is 6.92 Å². The Hall–Kier alpha value is -1.65. The Labute approximate surface area is 163 Å². The van der Waals surface area contributed by atoms with Crippen molar-refractivity contribution in [3.05, 3.63) is 48.0 Å². The molecule has 0 N–H and O–H groups in total. The summed E-state index contributed by atoms with van der Waals surface area (Å²) in [5, 5.41) is 0. The van der Waals surface area contributed by atoms with Gasteiger partial charge in [-0.25, -0.2) is 0 Å². The third kappa shape index (κ3) is 7.47. The van der Waals surface area contributed by atoms with Gasteiger partial charge in [0.05, 0.1) is 31.5 Å². The molecule has 2 rings (SSSR count). The molecule has 1 aromatic rings. The molecule has 0 bridgehead atoms. The molecule has 150 valence electrons. The topological polar surface area (TPSA) is 44.8 Å². The Morgan fingerprint density at radius 3 is 2.81 bits per heavy atom. The minimum absolute atomic E-state index is 0.0423. The van der Waals surface area contributed by atoms with Crippen molar-refractivity contribution in [2.45, 2.75) is 71.2 Å². The van der Waals surface area contributed by atoms with Gasteiger partial charge in [-0.05, 0) is 44.1 Å². The van der Waals surface area contributed by atoms with Crippen molar-refractivity contribution in [2.24, 2.45) is 5.92 Å². The van der Waals surface area contributed by atoms with Gasteiger partial charge in [0.15, 0.2) is 0 Å². The van der Waals surface area contributed by atoms with E-state index in [1.54, 1.807) is 0 Å². The normalized spacial score (nSPS) is 24.3. The first-order chi connectivity index (χ1) is 12.9. The van der Waals surface area contributed by atoms with Crippen molar-refractivity contribution in [3.63, 3.8) is 0 Å². The quantitative estimate of drug-likeness (QED) is 0.447. The summed E-state index contributed by atoms with van der Waals surface area (Å²) in [7, 11) is 0. The van der Waals surface area contributed by atoms with Crippen LogP contribution in [0.25, 0.3) is 0 Å². The molecule has 0 saturated carbocycles. The minimum Gasteiger partial charge on any atom is -0.466 e. The maximum Gasteiger partial charge on any atom is 0.302 e. The average molecular weight is 375 g/mol. The van der Waals surface area contributed by atoms with E-state index in [9.17, 15) is 4.79 Å². The molecule has 0 aliphatic carbocycles. The number of esters is 1. The maximum atomic E-state index is 11.0. The number of hydrogen-bond acceptors (Lipinski definition) is 4. The van der Waals surface area contributed by atoms with Crippen LogP contribution in [0.1, 0.15) is 58.4 Å². The van der Waals surface area contributed by atoms with E-state index in [0.717, 1.165) is 37.7 Å². The van der Waals surface area contributed by atoms with Crippen molar-refractivity contribution < 1.29 is 19.0 Å². The third-order valence-corrected chi connectivity index (χ3v) is 5.28. The highest BCUT2D eigenvalue weighted by molar-refractivity contribution is 5.65. The predicted octanol–water partition coefficient (Wildman–Crippen LogP) is 5.07. The Bertz CT molecular complexity index is 598. The summed E-state index contributed by atoms with van der Waals surface area (Å²) in [4.78, 5) is 11.0. The van der Waals surface area contributed by atoms with Crippen molar-refractivity contribution in [3.8, 4) is 0 Å². The number of carbonyl (C=O) groups excluding carboxylic acids is 1. The first-order valence-corrected chi connectivity index (χ1v) is 9.98. The van der Waals surface area contributed by atoms with Gasteiger partial charge in [-0.2, -0.15) is 0 Å². The number of ether oxygens (including phenoxy) is 3. The molecule has 4 heteroatoms. The zero-order valence-corrected chi connectivity index (χ0v) is 17.0. The third-order valence-electron chi connectivity index (χ3n) is 5.28. The fourth-order valence-electron chi connectivity index (χ4n) is 3.48. The fourth-order valence-corrected chi connectivity index (χ4v) is 3.48. The Morgan fingerprint density at radius 1 is 1.37 bits per heavy atom. The zero-order valence-electron chi connectivity index (χ0n) is 17.0. The van der Waals surface area contributed by atoms with Gasteiger partial charge in [0.2, 0.25) is 0 Å². The first kappa shape index (κ1) is 21.6. The Balaban J connectivity index is 1.90. The molecule has 0 spiro atoms. The van der Waals surface area contributed by atoms with Gasteiger partial charge in [-0.15, -0.1) is 0 Å². The van der Waals surface area contributed by atoms with Gasteiger partial charge in [0.25, 0.3) is 0 Å². The van der Waals surface area contributed by atoms with Crippen LogP contribution in [-0.4, -0.2) is 30.9 Å². The fraction of sp³-hybridized carbons (Fsp3) is 0.609. The lowest BCUT2D eigenvalue weighted by molar-refractivity contribution is -0.142. The molecule has 1 aromatic carbocycles. The van der Waals surface area contributed by atoms with Crippen LogP contribution in [-0.2, 0) is 25.6 Å². The van der Waals surface area contributed by atoms with Crippen LogP contribution < -0.4 is 0 Å². The molecule has 4 nitrogen and oxygen atoms in total. The lowest BCUT2D eigenvalue weighted by Crippen LogP contribution is -2.43. The molecule has 1 saturated heterocycles. The molecule has 1 heterocycles. The molecule has 1 aliphatic rings. The van der Waals surface area contributed by atoms with Crippen LogP contribution in [0.3, 0.4) is 0 Å². The van der Waals surface area contributed by atoms with E-state index in [4.69, 9.17) is 14.2 Å². The lowest BCUT2D eigenvalue weighted by Gasteiger charge is -2.36. The summed E-state index contributed by atoms with van der Waals surface area (Å²) < 4.78 is 17.7. The summed E-state index contributed by atoms with van der Waals surface area (Å²) in [5.41, 5.74) is 1.99. The average Bonchev–Trinajstić information content (AvgIpc) is 2.78. The van der Waals surface area contributed by atoms with Gasteiger partial charge >= 0.3 is 5.97 Å². The summed E-state index contributed by atoms with van der Waals surface area (Å²) in [6.45, 7) is 11.5. The molecule has 0 amide bonds. The largest absolute Gasteiger partial charge is 0.466 e. The maximum absolute atomic E-state index is 11.0. The van der Waals surface area contributed by atoms with E-state index in [1.165, 1.54) is 12.5 Å². The second kappa shape index (κ2) is 10.6. The second-order valence-corrected chi connectivity index (χ2v) is 7.98. The monoisotopic (exact) mass is 374 g/mol. The molecule has 1 aliphatic heterocycles. The van der Waals surface area contributed by atoms with Crippen LogP contribution in [0, 0.1) is 5.92 Å².